The third-order valence-corrected chi connectivity index (χ3v) is 5.14. The van der Waals surface area contributed by atoms with Crippen molar-refractivity contribution in [3.63, 3.8) is 0 Å². The van der Waals surface area contributed by atoms with Crippen LogP contribution in [0.2, 0.25) is 0 Å². The lowest BCUT2D eigenvalue weighted by molar-refractivity contribution is -0.126. The highest BCUT2D eigenvalue weighted by atomic mass is 16.5. The average molecular weight is 330 g/mol. The molecule has 1 amide bonds. The minimum atomic E-state index is -0.0602. The first-order valence-corrected chi connectivity index (χ1v) is 9.32. The highest BCUT2D eigenvalue weighted by Gasteiger charge is 2.25. The summed E-state index contributed by atoms with van der Waals surface area (Å²) < 4.78 is 5.71. The van der Waals surface area contributed by atoms with Gasteiger partial charge in [0.1, 0.15) is 12.4 Å². The number of carbonyl (C=O) groups is 1. The third kappa shape index (κ3) is 4.50. The normalized spacial score (nSPS) is 27.2. The second-order valence-corrected chi connectivity index (χ2v) is 7.67. The highest BCUT2D eigenvalue weighted by Crippen LogP contribution is 2.26. The van der Waals surface area contributed by atoms with Crippen LogP contribution in [0.1, 0.15) is 32.3 Å². The number of hydrogen-bond donors (Lipinski definition) is 1. The molecule has 0 bridgehead atoms. The summed E-state index contributed by atoms with van der Waals surface area (Å²) in [7, 11) is 0. The first-order chi connectivity index (χ1) is 11.6. The maximum absolute atomic E-state index is 12.4. The van der Waals surface area contributed by atoms with Crippen molar-refractivity contribution in [2.75, 3.05) is 32.8 Å². The van der Waals surface area contributed by atoms with Crippen molar-refractivity contribution in [3.8, 4) is 5.75 Å². The molecular formula is C20H30N2O2. The van der Waals surface area contributed by atoms with Gasteiger partial charge in [-0.25, -0.2) is 0 Å². The van der Waals surface area contributed by atoms with E-state index in [4.69, 9.17) is 4.74 Å². The van der Waals surface area contributed by atoms with Crippen LogP contribution in [0.5, 0.6) is 5.75 Å². The standard InChI is InChI=1S/C20H30N2O2/c1-15-10-16(2)13-22(12-15)9-5-8-21-20(23)18-11-17-6-3-4-7-19(17)24-14-18/h3-4,6-7,15-16,18H,5,8-14H2,1-2H3,(H,21,23)/t15-,16+,18-/m0/s1. The Labute approximate surface area is 145 Å². The van der Waals surface area contributed by atoms with Crippen LogP contribution < -0.4 is 10.1 Å². The van der Waals surface area contributed by atoms with Crippen LogP contribution in [-0.4, -0.2) is 43.6 Å². The van der Waals surface area contributed by atoms with E-state index in [1.807, 2.05) is 24.3 Å². The summed E-state index contributed by atoms with van der Waals surface area (Å²) in [6.07, 6.45) is 3.15. The summed E-state index contributed by atoms with van der Waals surface area (Å²) in [5.41, 5.74) is 1.14. The molecule has 2 aliphatic heterocycles. The van der Waals surface area contributed by atoms with E-state index in [-0.39, 0.29) is 11.8 Å². The lowest BCUT2D eigenvalue weighted by atomic mass is 9.92. The van der Waals surface area contributed by atoms with Crippen LogP contribution in [0.25, 0.3) is 0 Å². The van der Waals surface area contributed by atoms with Crippen molar-refractivity contribution >= 4 is 5.91 Å². The topological polar surface area (TPSA) is 41.6 Å². The summed E-state index contributed by atoms with van der Waals surface area (Å²) >= 11 is 0. The van der Waals surface area contributed by atoms with Crippen LogP contribution >= 0.6 is 0 Å². The van der Waals surface area contributed by atoms with Crippen molar-refractivity contribution in [2.24, 2.45) is 17.8 Å². The minimum absolute atomic E-state index is 0.0602. The van der Waals surface area contributed by atoms with Gasteiger partial charge in [-0.05, 0) is 49.3 Å². The Morgan fingerprint density at radius 1 is 1.25 bits per heavy atom. The zero-order valence-corrected chi connectivity index (χ0v) is 15.0. The zero-order valence-electron chi connectivity index (χ0n) is 15.0. The smallest absolute Gasteiger partial charge is 0.226 e. The van der Waals surface area contributed by atoms with Gasteiger partial charge in [-0.3, -0.25) is 4.79 Å². The first kappa shape index (κ1) is 17.3. The quantitative estimate of drug-likeness (QED) is 0.844. The number of rotatable bonds is 5. The molecule has 0 spiro atoms. The molecule has 2 aliphatic rings. The number of carbonyl (C=O) groups excluding carboxylic acids is 1. The number of amides is 1. The number of fused-ring (bicyclic) bond motifs is 1. The van der Waals surface area contributed by atoms with Crippen molar-refractivity contribution in [3.05, 3.63) is 29.8 Å². The second kappa shape index (κ2) is 8.02. The van der Waals surface area contributed by atoms with E-state index < -0.39 is 0 Å². The van der Waals surface area contributed by atoms with Crippen LogP contribution in [0, 0.1) is 17.8 Å². The SMILES string of the molecule is C[C@@H]1C[C@H](C)CN(CCCNC(=O)[C@@H]2COc3ccccc3C2)C1. The lowest BCUT2D eigenvalue weighted by Crippen LogP contribution is -2.41. The third-order valence-electron chi connectivity index (χ3n) is 5.14. The molecule has 1 saturated heterocycles. The molecule has 0 saturated carbocycles. The Balaban J connectivity index is 1.37. The average Bonchev–Trinajstić information content (AvgIpc) is 2.57. The number of para-hydroxylation sites is 1. The van der Waals surface area contributed by atoms with Gasteiger partial charge in [0.2, 0.25) is 5.91 Å². The first-order valence-electron chi connectivity index (χ1n) is 9.32. The van der Waals surface area contributed by atoms with Gasteiger partial charge in [-0.2, -0.15) is 0 Å². The fourth-order valence-corrected chi connectivity index (χ4v) is 4.13. The zero-order chi connectivity index (χ0) is 16.9. The maximum atomic E-state index is 12.4. The van der Waals surface area contributed by atoms with E-state index in [0.29, 0.717) is 6.61 Å². The molecule has 24 heavy (non-hydrogen) atoms. The molecule has 4 nitrogen and oxygen atoms in total. The molecule has 3 atom stereocenters. The number of benzene rings is 1. The Hall–Kier alpha value is -1.55. The minimum Gasteiger partial charge on any atom is -0.492 e. The molecule has 132 valence electrons. The van der Waals surface area contributed by atoms with Gasteiger partial charge in [0.15, 0.2) is 0 Å². The molecule has 2 heterocycles. The highest BCUT2D eigenvalue weighted by molar-refractivity contribution is 5.79. The second-order valence-electron chi connectivity index (χ2n) is 7.67. The number of piperidine rings is 1. The Kier molecular flexibility index (Phi) is 5.77. The van der Waals surface area contributed by atoms with Crippen LogP contribution in [0.3, 0.4) is 0 Å². The van der Waals surface area contributed by atoms with Gasteiger partial charge >= 0.3 is 0 Å². The van der Waals surface area contributed by atoms with Gasteiger partial charge in [0.25, 0.3) is 0 Å². The number of ether oxygens (including phenoxy) is 1. The fraction of sp³-hybridized carbons (Fsp3) is 0.650. The monoisotopic (exact) mass is 330 g/mol. The van der Waals surface area contributed by atoms with Gasteiger partial charge < -0.3 is 15.0 Å². The van der Waals surface area contributed by atoms with Crippen molar-refractivity contribution < 1.29 is 9.53 Å². The molecular weight excluding hydrogens is 300 g/mol. The van der Waals surface area contributed by atoms with E-state index in [9.17, 15) is 4.79 Å². The van der Waals surface area contributed by atoms with Crippen molar-refractivity contribution in [1.29, 1.82) is 0 Å². The summed E-state index contributed by atoms with van der Waals surface area (Å²) in [5, 5.41) is 3.10. The predicted octanol–water partition coefficient (Wildman–Crippen LogP) is 2.72. The Morgan fingerprint density at radius 3 is 2.79 bits per heavy atom. The van der Waals surface area contributed by atoms with E-state index in [0.717, 1.165) is 49.1 Å². The summed E-state index contributed by atoms with van der Waals surface area (Å²) in [6, 6.07) is 8.00. The summed E-state index contributed by atoms with van der Waals surface area (Å²) in [6.45, 7) is 9.41. The molecule has 4 heteroatoms. The van der Waals surface area contributed by atoms with Crippen LogP contribution in [-0.2, 0) is 11.2 Å². The van der Waals surface area contributed by atoms with E-state index in [1.54, 1.807) is 0 Å². The molecule has 1 fully saturated rings. The van der Waals surface area contributed by atoms with Gasteiger partial charge in [0.05, 0.1) is 5.92 Å². The summed E-state index contributed by atoms with van der Waals surface area (Å²) in [4.78, 5) is 14.9. The molecule has 1 aromatic carbocycles. The number of likely N-dealkylation sites (tertiary alicyclic amines) is 1. The molecule has 3 rings (SSSR count). The van der Waals surface area contributed by atoms with Crippen molar-refractivity contribution in [2.45, 2.75) is 33.1 Å². The van der Waals surface area contributed by atoms with Gasteiger partial charge in [0, 0.05) is 19.6 Å². The molecule has 1 N–H and O–H groups in total. The molecule has 0 aromatic heterocycles. The van der Waals surface area contributed by atoms with E-state index in [1.165, 1.54) is 19.5 Å². The number of nitrogens with zero attached hydrogens (tertiary/aromatic N) is 1. The van der Waals surface area contributed by atoms with Crippen LogP contribution in [0.4, 0.5) is 0 Å². The molecule has 0 radical (unpaired) electrons. The summed E-state index contributed by atoms with van der Waals surface area (Å²) in [5.74, 6) is 2.58. The fourth-order valence-electron chi connectivity index (χ4n) is 4.13. The Morgan fingerprint density at radius 2 is 2.00 bits per heavy atom. The van der Waals surface area contributed by atoms with Crippen LogP contribution in [0.15, 0.2) is 24.3 Å². The molecule has 0 aliphatic carbocycles. The van der Waals surface area contributed by atoms with E-state index in [2.05, 4.69) is 24.1 Å². The maximum Gasteiger partial charge on any atom is 0.226 e. The predicted molar refractivity (Wildman–Crippen MR) is 96.1 cm³/mol. The van der Waals surface area contributed by atoms with Gasteiger partial charge in [-0.15, -0.1) is 0 Å². The van der Waals surface area contributed by atoms with Crippen molar-refractivity contribution in [1.82, 2.24) is 10.2 Å². The number of hydrogen-bond acceptors (Lipinski definition) is 3. The number of nitrogens with one attached hydrogen (secondary N) is 1. The Bertz CT molecular complexity index is 550. The molecule has 1 aromatic rings. The van der Waals surface area contributed by atoms with Gasteiger partial charge in [-0.1, -0.05) is 32.0 Å². The lowest BCUT2D eigenvalue weighted by Gasteiger charge is -2.35. The molecule has 0 unspecified atom stereocenters. The van der Waals surface area contributed by atoms with E-state index >= 15 is 0 Å². The largest absolute Gasteiger partial charge is 0.492 e.